The fraction of sp³-hybridized carbons (Fsp3) is 0.438. The van der Waals surface area contributed by atoms with Gasteiger partial charge in [-0.1, -0.05) is 0 Å². The molecule has 2 aliphatic heterocycles. The van der Waals surface area contributed by atoms with E-state index >= 15 is 0 Å². The third kappa shape index (κ3) is 2.68. The maximum absolute atomic E-state index is 12.3. The van der Waals surface area contributed by atoms with Crippen molar-refractivity contribution in [3.05, 3.63) is 29.8 Å². The van der Waals surface area contributed by atoms with Crippen LogP contribution in [-0.4, -0.2) is 42.3 Å². The number of rotatable bonds is 3. The van der Waals surface area contributed by atoms with E-state index in [2.05, 4.69) is 0 Å². The van der Waals surface area contributed by atoms with Crippen molar-refractivity contribution in [2.45, 2.75) is 19.3 Å². The summed E-state index contributed by atoms with van der Waals surface area (Å²) >= 11 is 0. The Bertz CT molecular complexity index is 606. The molecule has 0 saturated carbocycles. The number of likely N-dealkylation sites (tertiary alicyclic amines) is 1. The number of hydrogen-bond acceptors (Lipinski definition) is 3. The van der Waals surface area contributed by atoms with Crippen LogP contribution in [0.4, 0.5) is 5.69 Å². The molecule has 0 bridgehead atoms. The van der Waals surface area contributed by atoms with Gasteiger partial charge >= 0.3 is 0 Å². The van der Waals surface area contributed by atoms with Crippen LogP contribution in [0.15, 0.2) is 24.3 Å². The van der Waals surface area contributed by atoms with Crippen molar-refractivity contribution in [2.24, 2.45) is 11.7 Å². The molecular weight excluding hydrogens is 282 g/mol. The number of hydrogen-bond donors (Lipinski definition) is 1. The number of nitrogens with two attached hydrogens (primary N) is 1. The quantitative estimate of drug-likeness (QED) is 0.894. The molecule has 1 unspecified atom stereocenters. The minimum Gasteiger partial charge on any atom is -0.369 e. The topological polar surface area (TPSA) is 83.7 Å². The molecule has 0 aromatic heterocycles. The minimum absolute atomic E-state index is 0.0341. The number of nitrogens with zero attached hydrogens (tertiary/aromatic N) is 2. The number of amides is 3. The van der Waals surface area contributed by atoms with Crippen molar-refractivity contribution in [1.29, 1.82) is 0 Å². The van der Waals surface area contributed by atoms with Crippen molar-refractivity contribution in [2.75, 3.05) is 24.5 Å². The van der Waals surface area contributed by atoms with Crippen LogP contribution in [0.3, 0.4) is 0 Å². The maximum atomic E-state index is 12.3. The molecule has 2 aliphatic rings. The first-order valence-electron chi connectivity index (χ1n) is 7.55. The predicted molar refractivity (Wildman–Crippen MR) is 81.2 cm³/mol. The lowest BCUT2D eigenvalue weighted by Gasteiger charge is -2.18. The molecule has 2 saturated heterocycles. The summed E-state index contributed by atoms with van der Waals surface area (Å²) in [5.74, 6) is -0.954. The highest BCUT2D eigenvalue weighted by molar-refractivity contribution is 6.00. The molecule has 3 amide bonds. The van der Waals surface area contributed by atoms with E-state index in [-0.39, 0.29) is 18.2 Å². The number of carbonyl (C=O) groups is 3. The Labute approximate surface area is 128 Å². The van der Waals surface area contributed by atoms with Crippen LogP contribution in [0.1, 0.15) is 29.6 Å². The Hall–Kier alpha value is -2.37. The lowest BCUT2D eigenvalue weighted by atomic mass is 10.1. The summed E-state index contributed by atoms with van der Waals surface area (Å²) in [7, 11) is 0. The summed E-state index contributed by atoms with van der Waals surface area (Å²) in [6.45, 7) is 1.94. The molecule has 1 aromatic rings. The van der Waals surface area contributed by atoms with Crippen molar-refractivity contribution in [3.8, 4) is 0 Å². The summed E-state index contributed by atoms with van der Waals surface area (Å²) in [5, 5.41) is 0. The van der Waals surface area contributed by atoms with Gasteiger partial charge in [0.05, 0.1) is 5.92 Å². The fourth-order valence-corrected chi connectivity index (χ4v) is 3.03. The average molecular weight is 301 g/mol. The van der Waals surface area contributed by atoms with Gasteiger partial charge in [-0.05, 0) is 37.1 Å². The summed E-state index contributed by atoms with van der Waals surface area (Å²) in [4.78, 5) is 38.8. The Morgan fingerprint density at radius 2 is 1.73 bits per heavy atom. The van der Waals surface area contributed by atoms with Gasteiger partial charge in [-0.25, -0.2) is 0 Å². The number of carbonyl (C=O) groups excluding carboxylic acids is 3. The van der Waals surface area contributed by atoms with Crippen LogP contribution in [0, 0.1) is 5.92 Å². The molecular formula is C16H19N3O3. The smallest absolute Gasteiger partial charge is 0.253 e. The standard InChI is InChI=1S/C16H19N3O3/c17-15(21)12-9-14(20)19(10-12)13-5-3-11(4-6-13)16(22)18-7-1-2-8-18/h3-6,12H,1-2,7-10H2,(H2,17,21). The highest BCUT2D eigenvalue weighted by Crippen LogP contribution is 2.25. The van der Waals surface area contributed by atoms with Crippen LogP contribution in [-0.2, 0) is 9.59 Å². The van der Waals surface area contributed by atoms with E-state index in [0.29, 0.717) is 17.8 Å². The number of anilines is 1. The summed E-state index contributed by atoms with van der Waals surface area (Å²) in [5.41, 5.74) is 6.60. The molecule has 2 N–H and O–H groups in total. The zero-order valence-corrected chi connectivity index (χ0v) is 12.3. The average Bonchev–Trinajstić information content (AvgIpc) is 3.16. The molecule has 0 aliphatic carbocycles. The van der Waals surface area contributed by atoms with Gasteiger partial charge in [0.15, 0.2) is 0 Å². The molecule has 6 heteroatoms. The molecule has 6 nitrogen and oxygen atoms in total. The summed E-state index contributed by atoms with van der Waals surface area (Å²) in [6, 6.07) is 6.98. The maximum Gasteiger partial charge on any atom is 0.253 e. The second kappa shape index (κ2) is 5.79. The van der Waals surface area contributed by atoms with Crippen molar-refractivity contribution in [3.63, 3.8) is 0 Å². The van der Waals surface area contributed by atoms with Gasteiger partial charge < -0.3 is 15.5 Å². The van der Waals surface area contributed by atoms with E-state index in [0.717, 1.165) is 25.9 Å². The molecule has 0 radical (unpaired) electrons. The Morgan fingerprint density at radius 1 is 1.09 bits per heavy atom. The van der Waals surface area contributed by atoms with E-state index in [4.69, 9.17) is 5.73 Å². The predicted octanol–water partition coefficient (Wildman–Crippen LogP) is 0.761. The number of benzene rings is 1. The van der Waals surface area contributed by atoms with Crippen LogP contribution >= 0.6 is 0 Å². The second-order valence-corrected chi connectivity index (χ2v) is 5.85. The first kappa shape index (κ1) is 14.6. The van der Waals surface area contributed by atoms with Gasteiger partial charge in [0.1, 0.15) is 0 Å². The molecule has 3 rings (SSSR count). The van der Waals surface area contributed by atoms with E-state index in [9.17, 15) is 14.4 Å². The Kier molecular flexibility index (Phi) is 3.83. The number of primary amides is 1. The van der Waals surface area contributed by atoms with Crippen LogP contribution in [0.25, 0.3) is 0 Å². The summed E-state index contributed by atoms with van der Waals surface area (Å²) < 4.78 is 0. The lowest BCUT2D eigenvalue weighted by molar-refractivity contribution is -0.123. The van der Waals surface area contributed by atoms with Gasteiger partial charge in [0.25, 0.3) is 5.91 Å². The van der Waals surface area contributed by atoms with Gasteiger partial charge in [0, 0.05) is 37.3 Å². The first-order valence-corrected chi connectivity index (χ1v) is 7.55. The van der Waals surface area contributed by atoms with Gasteiger partial charge in [0.2, 0.25) is 11.8 Å². The molecule has 1 aromatic carbocycles. The van der Waals surface area contributed by atoms with Crippen molar-refractivity contribution >= 4 is 23.4 Å². The molecule has 2 heterocycles. The first-order chi connectivity index (χ1) is 10.6. The second-order valence-electron chi connectivity index (χ2n) is 5.85. The van der Waals surface area contributed by atoms with E-state index in [1.54, 1.807) is 29.2 Å². The Balaban J connectivity index is 1.73. The van der Waals surface area contributed by atoms with Crippen molar-refractivity contribution < 1.29 is 14.4 Å². The van der Waals surface area contributed by atoms with E-state index in [1.807, 2.05) is 4.90 Å². The monoisotopic (exact) mass is 301 g/mol. The third-order valence-corrected chi connectivity index (χ3v) is 4.35. The van der Waals surface area contributed by atoms with Crippen LogP contribution in [0.2, 0.25) is 0 Å². The van der Waals surface area contributed by atoms with Crippen LogP contribution < -0.4 is 10.6 Å². The molecule has 2 fully saturated rings. The summed E-state index contributed by atoms with van der Waals surface area (Å²) in [6.07, 6.45) is 2.27. The zero-order chi connectivity index (χ0) is 15.7. The van der Waals surface area contributed by atoms with Crippen LogP contribution in [0.5, 0.6) is 0 Å². The SMILES string of the molecule is NC(=O)C1CC(=O)N(c2ccc(C(=O)N3CCCC3)cc2)C1. The molecule has 0 spiro atoms. The molecule has 116 valence electrons. The van der Waals surface area contributed by atoms with Gasteiger partial charge in [-0.3, -0.25) is 14.4 Å². The third-order valence-electron chi connectivity index (χ3n) is 4.35. The van der Waals surface area contributed by atoms with Crippen molar-refractivity contribution in [1.82, 2.24) is 4.90 Å². The minimum atomic E-state index is -0.448. The molecule has 1 atom stereocenters. The Morgan fingerprint density at radius 3 is 2.27 bits per heavy atom. The van der Waals surface area contributed by atoms with E-state index < -0.39 is 11.8 Å². The fourth-order valence-electron chi connectivity index (χ4n) is 3.03. The van der Waals surface area contributed by atoms with E-state index in [1.165, 1.54) is 0 Å². The highest BCUT2D eigenvalue weighted by atomic mass is 16.2. The molecule has 22 heavy (non-hydrogen) atoms. The van der Waals surface area contributed by atoms with Gasteiger partial charge in [-0.15, -0.1) is 0 Å². The zero-order valence-electron chi connectivity index (χ0n) is 12.3. The largest absolute Gasteiger partial charge is 0.369 e. The highest BCUT2D eigenvalue weighted by Gasteiger charge is 2.34. The van der Waals surface area contributed by atoms with Gasteiger partial charge in [-0.2, -0.15) is 0 Å². The normalized spacial score (nSPS) is 21.5. The lowest BCUT2D eigenvalue weighted by Crippen LogP contribution is -2.29.